The molecule has 2 heterocycles. The molecule has 0 aliphatic carbocycles. The van der Waals surface area contributed by atoms with Gasteiger partial charge in [-0.3, -0.25) is 9.69 Å². The minimum atomic E-state index is -4.37. The van der Waals surface area contributed by atoms with E-state index in [2.05, 4.69) is 10.1 Å². The summed E-state index contributed by atoms with van der Waals surface area (Å²) in [6.45, 7) is 2.24. The van der Waals surface area contributed by atoms with Crippen LogP contribution in [0.4, 0.5) is 24.5 Å². The van der Waals surface area contributed by atoms with Crippen molar-refractivity contribution in [3.8, 4) is 0 Å². The molecule has 0 bridgehead atoms. The lowest BCUT2D eigenvalue weighted by atomic mass is 10.1. The number of halogens is 3. The number of nitrogens with zero attached hydrogens (tertiary/aromatic N) is 2. The lowest BCUT2D eigenvalue weighted by Gasteiger charge is -2.36. The summed E-state index contributed by atoms with van der Waals surface area (Å²) in [5.74, 6) is -0.780. The van der Waals surface area contributed by atoms with Crippen LogP contribution < -0.4 is 10.2 Å². The number of alkyl halides is 3. The lowest BCUT2D eigenvalue weighted by molar-refractivity contribution is -0.137. The van der Waals surface area contributed by atoms with Crippen LogP contribution in [0, 0.1) is 0 Å². The van der Waals surface area contributed by atoms with Gasteiger partial charge in [0.2, 0.25) is 5.91 Å². The normalized spacial score (nSPS) is 15.2. The molecule has 0 unspecified atom stereocenters. The molecule has 1 aliphatic rings. The first-order chi connectivity index (χ1) is 13.8. The fourth-order valence-corrected chi connectivity index (χ4v) is 3.85. The number of hydrogen-bond acceptors (Lipinski definition) is 6. The highest BCUT2D eigenvalue weighted by Crippen LogP contribution is 2.31. The highest BCUT2D eigenvalue weighted by Gasteiger charge is 2.31. The van der Waals surface area contributed by atoms with Crippen LogP contribution in [-0.4, -0.2) is 56.6 Å². The third-order valence-corrected chi connectivity index (χ3v) is 5.36. The Morgan fingerprint density at radius 3 is 2.55 bits per heavy atom. The number of amides is 1. The molecule has 1 N–H and O–H groups in total. The molecule has 0 atom stereocenters. The second-order valence-corrected chi connectivity index (χ2v) is 7.29. The zero-order chi connectivity index (χ0) is 21.0. The minimum Gasteiger partial charge on any atom is -0.465 e. The Hall–Kier alpha value is -2.59. The van der Waals surface area contributed by atoms with Crippen LogP contribution in [0.3, 0.4) is 0 Å². The summed E-state index contributed by atoms with van der Waals surface area (Å²) in [6.07, 6.45) is -4.37. The average molecular weight is 427 g/mol. The van der Waals surface area contributed by atoms with Gasteiger partial charge in [-0.1, -0.05) is 6.07 Å². The number of thiophene rings is 1. The number of anilines is 2. The number of benzene rings is 1. The molecule has 1 amide bonds. The highest BCUT2D eigenvalue weighted by molar-refractivity contribution is 7.08. The van der Waals surface area contributed by atoms with E-state index in [4.69, 9.17) is 0 Å². The van der Waals surface area contributed by atoms with Crippen molar-refractivity contribution in [1.29, 1.82) is 0 Å². The number of rotatable bonds is 5. The summed E-state index contributed by atoms with van der Waals surface area (Å²) in [5.41, 5.74) is 0.563. The summed E-state index contributed by atoms with van der Waals surface area (Å²) in [5, 5.41) is 5.98. The summed E-state index contributed by atoms with van der Waals surface area (Å²) in [6, 6.07) is 5.25. The molecule has 3 rings (SSSR count). The van der Waals surface area contributed by atoms with Gasteiger partial charge < -0.3 is 15.0 Å². The van der Waals surface area contributed by atoms with Gasteiger partial charge in [-0.25, -0.2) is 4.79 Å². The second-order valence-electron chi connectivity index (χ2n) is 6.55. The van der Waals surface area contributed by atoms with Crippen molar-refractivity contribution in [1.82, 2.24) is 4.90 Å². The quantitative estimate of drug-likeness (QED) is 0.742. The topological polar surface area (TPSA) is 61.9 Å². The van der Waals surface area contributed by atoms with Crippen LogP contribution >= 0.6 is 11.3 Å². The summed E-state index contributed by atoms with van der Waals surface area (Å²) in [4.78, 5) is 27.8. The van der Waals surface area contributed by atoms with Gasteiger partial charge in [-0.05, 0) is 18.2 Å². The standard InChI is InChI=1S/C19H20F3N3O3S/c1-28-18(27)15-11-29-12-16(15)23-17(26)10-24-5-7-25(8-6-24)14-4-2-3-13(9-14)19(20,21)22/h2-4,9,11-12H,5-8,10H2,1H3,(H,23,26). The van der Waals surface area contributed by atoms with Crippen LogP contribution in [0.25, 0.3) is 0 Å². The van der Waals surface area contributed by atoms with Gasteiger partial charge in [-0.2, -0.15) is 13.2 Å². The molecule has 0 radical (unpaired) electrons. The number of nitrogens with one attached hydrogen (secondary N) is 1. The zero-order valence-electron chi connectivity index (χ0n) is 15.7. The third kappa shape index (κ3) is 5.27. The van der Waals surface area contributed by atoms with E-state index in [1.165, 1.54) is 24.5 Å². The van der Waals surface area contributed by atoms with E-state index in [0.717, 1.165) is 12.1 Å². The van der Waals surface area contributed by atoms with Crippen molar-refractivity contribution in [2.45, 2.75) is 6.18 Å². The van der Waals surface area contributed by atoms with Crippen LogP contribution in [-0.2, 0) is 15.7 Å². The molecule has 29 heavy (non-hydrogen) atoms. The Bertz CT molecular complexity index is 877. The van der Waals surface area contributed by atoms with E-state index >= 15 is 0 Å². The fourth-order valence-electron chi connectivity index (χ4n) is 3.10. The molecule has 2 aromatic rings. The van der Waals surface area contributed by atoms with Gasteiger partial charge in [0.05, 0.1) is 30.5 Å². The molecule has 0 spiro atoms. The number of esters is 1. The van der Waals surface area contributed by atoms with E-state index in [1.807, 2.05) is 9.80 Å². The maximum atomic E-state index is 12.9. The van der Waals surface area contributed by atoms with Crippen LogP contribution in [0.5, 0.6) is 0 Å². The van der Waals surface area contributed by atoms with Gasteiger partial charge in [0.1, 0.15) is 0 Å². The predicted octanol–water partition coefficient (Wildman–Crippen LogP) is 3.31. The molecule has 1 fully saturated rings. The number of methoxy groups -OCH3 is 1. The largest absolute Gasteiger partial charge is 0.465 e. The van der Waals surface area contributed by atoms with Gasteiger partial charge in [0.25, 0.3) is 0 Å². The molecular formula is C19H20F3N3O3S. The van der Waals surface area contributed by atoms with Gasteiger partial charge in [0, 0.05) is 42.6 Å². The van der Waals surface area contributed by atoms with Crippen LogP contribution in [0.2, 0.25) is 0 Å². The molecule has 0 saturated carbocycles. The average Bonchev–Trinajstić information content (AvgIpc) is 3.15. The number of piperazine rings is 1. The van der Waals surface area contributed by atoms with Crippen molar-refractivity contribution in [3.63, 3.8) is 0 Å². The summed E-state index contributed by atoms with van der Waals surface area (Å²) < 4.78 is 43.4. The number of carbonyl (C=O) groups is 2. The zero-order valence-corrected chi connectivity index (χ0v) is 16.5. The lowest BCUT2D eigenvalue weighted by Crippen LogP contribution is -2.48. The van der Waals surface area contributed by atoms with Crippen molar-refractivity contribution in [2.24, 2.45) is 0 Å². The Morgan fingerprint density at radius 1 is 1.17 bits per heavy atom. The minimum absolute atomic E-state index is 0.132. The smallest absolute Gasteiger partial charge is 0.416 e. The van der Waals surface area contributed by atoms with E-state index in [9.17, 15) is 22.8 Å². The number of carbonyl (C=O) groups excluding carboxylic acids is 2. The summed E-state index contributed by atoms with van der Waals surface area (Å²) >= 11 is 1.28. The van der Waals surface area contributed by atoms with Crippen LogP contribution in [0.1, 0.15) is 15.9 Å². The second kappa shape index (κ2) is 8.83. The van der Waals surface area contributed by atoms with E-state index in [-0.39, 0.29) is 12.5 Å². The molecule has 1 saturated heterocycles. The first kappa shape index (κ1) is 21.1. The molecular weight excluding hydrogens is 407 g/mol. The number of ether oxygens (including phenoxy) is 1. The SMILES string of the molecule is COC(=O)c1cscc1NC(=O)CN1CCN(c2cccc(C(F)(F)F)c2)CC1. The Morgan fingerprint density at radius 2 is 1.90 bits per heavy atom. The molecule has 10 heteroatoms. The van der Waals surface area contributed by atoms with Gasteiger partial charge in [-0.15, -0.1) is 11.3 Å². The van der Waals surface area contributed by atoms with Crippen molar-refractivity contribution in [3.05, 3.63) is 46.2 Å². The van der Waals surface area contributed by atoms with E-state index < -0.39 is 17.7 Å². The van der Waals surface area contributed by atoms with E-state index in [0.29, 0.717) is 43.1 Å². The third-order valence-electron chi connectivity index (χ3n) is 4.62. The highest BCUT2D eigenvalue weighted by atomic mass is 32.1. The Balaban J connectivity index is 1.53. The fraction of sp³-hybridized carbons (Fsp3) is 0.368. The van der Waals surface area contributed by atoms with Gasteiger partial charge >= 0.3 is 12.1 Å². The Kier molecular flexibility index (Phi) is 6.43. The van der Waals surface area contributed by atoms with Crippen LogP contribution in [0.15, 0.2) is 35.0 Å². The maximum Gasteiger partial charge on any atom is 0.416 e. The predicted molar refractivity (Wildman–Crippen MR) is 104 cm³/mol. The molecule has 156 valence electrons. The van der Waals surface area contributed by atoms with Crippen molar-refractivity contribution >= 4 is 34.6 Å². The Labute approximate surface area is 169 Å². The number of hydrogen-bond donors (Lipinski definition) is 1. The maximum absolute atomic E-state index is 12.9. The summed E-state index contributed by atoms with van der Waals surface area (Å²) in [7, 11) is 1.27. The monoisotopic (exact) mass is 427 g/mol. The molecule has 6 nitrogen and oxygen atoms in total. The molecule has 1 aromatic heterocycles. The van der Waals surface area contributed by atoms with Crippen molar-refractivity contribution < 1.29 is 27.5 Å². The first-order valence-corrected chi connectivity index (χ1v) is 9.81. The van der Waals surface area contributed by atoms with Crippen molar-refractivity contribution in [2.75, 3.05) is 50.1 Å². The first-order valence-electron chi connectivity index (χ1n) is 8.87. The molecule has 1 aromatic carbocycles. The molecule has 1 aliphatic heterocycles. The van der Waals surface area contributed by atoms with Gasteiger partial charge in [0.15, 0.2) is 0 Å². The van der Waals surface area contributed by atoms with E-state index in [1.54, 1.807) is 16.8 Å².